The number of nitrogens with one attached hydrogen (secondary N) is 2. The first kappa shape index (κ1) is 25.7. The van der Waals surface area contributed by atoms with Crippen molar-refractivity contribution in [3.63, 3.8) is 0 Å². The van der Waals surface area contributed by atoms with Gasteiger partial charge in [-0.05, 0) is 48.4 Å². The molecule has 2 fully saturated rings. The largest absolute Gasteiger partial charge is 0.396 e. The van der Waals surface area contributed by atoms with E-state index in [0.717, 1.165) is 6.42 Å². The molecule has 1 heterocycles. The lowest BCUT2D eigenvalue weighted by atomic mass is 9.95. The molecule has 2 amide bonds. The van der Waals surface area contributed by atoms with Gasteiger partial charge in [0.05, 0.1) is 11.5 Å². The Balaban J connectivity index is 0.00000363. The van der Waals surface area contributed by atoms with Gasteiger partial charge < -0.3 is 15.2 Å². The zero-order valence-corrected chi connectivity index (χ0v) is 18.8. The van der Waals surface area contributed by atoms with E-state index in [9.17, 15) is 18.0 Å². The second-order valence-corrected chi connectivity index (χ2v) is 9.63. The van der Waals surface area contributed by atoms with Crippen LogP contribution in [0.25, 0.3) is 0 Å². The lowest BCUT2D eigenvalue weighted by Gasteiger charge is -2.44. The first-order chi connectivity index (χ1) is 14.7. The van der Waals surface area contributed by atoms with Crippen LogP contribution in [0.5, 0.6) is 0 Å². The summed E-state index contributed by atoms with van der Waals surface area (Å²) >= 11 is 0. The molecule has 9 nitrogen and oxygen atoms in total. The molecule has 1 aromatic carbocycles. The number of ether oxygens (including phenoxy) is 1. The zero-order chi connectivity index (χ0) is 22.6. The summed E-state index contributed by atoms with van der Waals surface area (Å²) in [6, 6.07) is 4.82. The third kappa shape index (κ3) is 5.80. The first-order valence-electron chi connectivity index (χ1n) is 9.46. The van der Waals surface area contributed by atoms with Crippen molar-refractivity contribution in [3.8, 4) is 23.7 Å². The van der Waals surface area contributed by atoms with Crippen LogP contribution in [-0.2, 0) is 19.4 Å². The van der Waals surface area contributed by atoms with E-state index in [0.29, 0.717) is 5.56 Å². The molecule has 1 aliphatic heterocycles. The number of hydrogen-bond donors (Lipinski definition) is 4. The maximum atomic E-state index is 12.6. The molecule has 0 aromatic heterocycles. The number of carbonyl (C=O) groups excluding carboxylic acids is 2. The Morgan fingerprint density at radius 3 is 2.41 bits per heavy atom. The van der Waals surface area contributed by atoms with Gasteiger partial charge in [-0.25, -0.2) is 13.9 Å². The molecule has 2 aliphatic rings. The summed E-state index contributed by atoms with van der Waals surface area (Å²) in [6.45, 7) is 0.137. The highest BCUT2D eigenvalue weighted by molar-refractivity contribution is 7.93. The number of methoxy groups -OCH3 is 1. The van der Waals surface area contributed by atoms with E-state index in [2.05, 4.69) is 29.0 Å². The number of hydroxylamine groups is 1. The number of aliphatic hydroxyl groups is 1. The van der Waals surface area contributed by atoms with Crippen molar-refractivity contribution < 1.29 is 33.1 Å². The standard InChI is InChI=1S/C21H22N2O7S.ClH/c1-30-21(12-31(28,29)13-21)18(20(26)23-27)22-19(25)15-8-6-14(7-9-15)4-2-3-5-16-10-17(16)11-24;/h6-9,16-18,24,27H,10-13H2,1H3,(H,22,25)(H,23,26);1H/t16-,17+,18?;/m1./s1. The maximum absolute atomic E-state index is 12.6. The molecule has 32 heavy (non-hydrogen) atoms. The van der Waals surface area contributed by atoms with Crippen LogP contribution in [0, 0.1) is 35.5 Å². The van der Waals surface area contributed by atoms with Crippen LogP contribution in [0.3, 0.4) is 0 Å². The highest BCUT2D eigenvalue weighted by Crippen LogP contribution is 2.36. The Labute approximate surface area is 192 Å². The average Bonchev–Trinajstić information content (AvgIpc) is 3.51. The molecular formula is C21H23ClN2O7S. The SMILES string of the molecule is COC1(C(NC(=O)c2ccc(C#CC#C[C@@H]3C[C@H]3CO)cc2)C(=O)NO)CS(=O)(=O)C1.Cl. The van der Waals surface area contributed by atoms with Crippen molar-refractivity contribution in [1.82, 2.24) is 10.8 Å². The molecule has 0 bridgehead atoms. The summed E-state index contributed by atoms with van der Waals surface area (Å²) in [6.07, 6.45) is 0.889. The van der Waals surface area contributed by atoms with E-state index in [-0.39, 0.29) is 36.4 Å². The normalized spacial score (nSPS) is 22.2. The summed E-state index contributed by atoms with van der Waals surface area (Å²) in [4.78, 5) is 24.7. The Morgan fingerprint density at radius 2 is 1.91 bits per heavy atom. The molecule has 11 heteroatoms. The van der Waals surface area contributed by atoms with Gasteiger partial charge in [0.2, 0.25) is 0 Å². The van der Waals surface area contributed by atoms with Crippen LogP contribution >= 0.6 is 12.4 Å². The molecule has 0 radical (unpaired) electrons. The quantitative estimate of drug-likeness (QED) is 0.243. The van der Waals surface area contributed by atoms with Crippen LogP contribution < -0.4 is 10.8 Å². The number of benzene rings is 1. The summed E-state index contributed by atoms with van der Waals surface area (Å²) in [5.41, 5.74) is 0.825. The third-order valence-electron chi connectivity index (χ3n) is 5.34. The van der Waals surface area contributed by atoms with Crippen LogP contribution in [0.1, 0.15) is 22.3 Å². The highest BCUT2D eigenvalue weighted by Gasteiger charge is 2.57. The highest BCUT2D eigenvalue weighted by atomic mass is 35.5. The van der Waals surface area contributed by atoms with Gasteiger partial charge >= 0.3 is 0 Å². The number of rotatable bonds is 6. The molecule has 3 rings (SSSR count). The van der Waals surface area contributed by atoms with Crippen molar-refractivity contribution in [2.75, 3.05) is 25.2 Å². The van der Waals surface area contributed by atoms with Gasteiger partial charge in [0.1, 0.15) is 11.6 Å². The van der Waals surface area contributed by atoms with Crippen molar-refractivity contribution >= 4 is 34.1 Å². The number of aliphatic hydroxyl groups excluding tert-OH is 1. The van der Waals surface area contributed by atoms with Crippen LogP contribution in [-0.4, -0.2) is 67.4 Å². The molecule has 3 atom stereocenters. The van der Waals surface area contributed by atoms with E-state index < -0.39 is 44.8 Å². The van der Waals surface area contributed by atoms with E-state index in [1.807, 2.05) is 0 Å². The van der Waals surface area contributed by atoms with E-state index in [4.69, 9.17) is 15.1 Å². The molecule has 4 N–H and O–H groups in total. The van der Waals surface area contributed by atoms with Crippen molar-refractivity contribution in [2.45, 2.75) is 18.1 Å². The molecule has 1 saturated heterocycles. The van der Waals surface area contributed by atoms with Gasteiger partial charge in [-0.2, -0.15) is 0 Å². The van der Waals surface area contributed by atoms with Crippen molar-refractivity contribution in [3.05, 3.63) is 35.4 Å². The predicted molar refractivity (Wildman–Crippen MR) is 117 cm³/mol. The minimum Gasteiger partial charge on any atom is -0.396 e. The lowest BCUT2D eigenvalue weighted by molar-refractivity contribution is -0.138. The molecule has 0 spiro atoms. The topological polar surface area (TPSA) is 142 Å². The number of sulfone groups is 1. The van der Waals surface area contributed by atoms with Gasteiger partial charge in [-0.15, -0.1) is 12.4 Å². The van der Waals surface area contributed by atoms with Gasteiger partial charge in [-0.1, -0.05) is 11.8 Å². The molecule has 172 valence electrons. The zero-order valence-electron chi connectivity index (χ0n) is 17.1. The van der Waals surface area contributed by atoms with Crippen LogP contribution in [0.4, 0.5) is 0 Å². The molecule has 1 unspecified atom stereocenters. The summed E-state index contributed by atoms with van der Waals surface area (Å²) in [7, 11) is -2.15. The molecular weight excluding hydrogens is 460 g/mol. The first-order valence-corrected chi connectivity index (χ1v) is 11.3. The number of hydrogen-bond acceptors (Lipinski definition) is 7. The fourth-order valence-electron chi connectivity index (χ4n) is 3.38. The Kier molecular flexibility index (Phi) is 8.29. The van der Waals surface area contributed by atoms with E-state index >= 15 is 0 Å². The van der Waals surface area contributed by atoms with Gasteiger partial charge in [0.25, 0.3) is 11.8 Å². The van der Waals surface area contributed by atoms with E-state index in [1.165, 1.54) is 24.7 Å². The Morgan fingerprint density at radius 1 is 1.25 bits per heavy atom. The van der Waals surface area contributed by atoms with Gasteiger partial charge in [0.15, 0.2) is 9.84 Å². The number of amides is 2. The summed E-state index contributed by atoms with van der Waals surface area (Å²) < 4.78 is 28.5. The number of carbonyl (C=O) groups is 2. The minimum atomic E-state index is -3.39. The fourth-order valence-corrected chi connectivity index (χ4v) is 5.36. The summed E-state index contributed by atoms with van der Waals surface area (Å²) in [5.74, 6) is 9.23. The molecule has 1 saturated carbocycles. The fraction of sp³-hybridized carbons (Fsp3) is 0.429. The Bertz CT molecular complexity index is 1080. The van der Waals surface area contributed by atoms with Crippen molar-refractivity contribution in [1.29, 1.82) is 0 Å². The minimum absolute atomic E-state index is 0. The van der Waals surface area contributed by atoms with Crippen LogP contribution in [0.15, 0.2) is 24.3 Å². The van der Waals surface area contributed by atoms with Crippen LogP contribution in [0.2, 0.25) is 0 Å². The third-order valence-corrected chi connectivity index (χ3v) is 7.20. The van der Waals surface area contributed by atoms with Gasteiger partial charge in [0, 0.05) is 30.8 Å². The van der Waals surface area contributed by atoms with E-state index in [1.54, 1.807) is 12.1 Å². The molecule has 1 aliphatic carbocycles. The second-order valence-electron chi connectivity index (χ2n) is 7.57. The van der Waals surface area contributed by atoms with Crippen molar-refractivity contribution in [2.24, 2.45) is 11.8 Å². The smallest absolute Gasteiger partial charge is 0.268 e. The lowest BCUT2D eigenvalue weighted by Crippen LogP contribution is -2.71. The average molecular weight is 483 g/mol. The maximum Gasteiger partial charge on any atom is 0.268 e. The predicted octanol–water partition coefficient (Wildman–Crippen LogP) is -0.491. The molecule has 1 aromatic rings. The monoisotopic (exact) mass is 482 g/mol. The summed E-state index contributed by atoms with van der Waals surface area (Å²) in [5, 5.41) is 20.4. The Hall–Kier alpha value is -2.60. The second kappa shape index (κ2) is 10.3. The number of halogens is 1. The van der Waals surface area contributed by atoms with Gasteiger partial charge in [-0.3, -0.25) is 14.8 Å².